The lowest BCUT2D eigenvalue weighted by molar-refractivity contribution is -0.137. The summed E-state index contributed by atoms with van der Waals surface area (Å²) >= 11 is 4.30. The molecule has 1 rings (SSSR count). The monoisotopic (exact) mass is 275 g/mol. The van der Waals surface area contributed by atoms with Crippen LogP contribution in [0.15, 0.2) is 0 Å². The Kier molecular flexibility index (Phi) is 4.90. The molecule has 0 saturated carbocycles. The minimum absolute atomic E-state index is 0.0485. The molecule has 1 aliphatic rings. The van der Waals surface area contributed by atoms with E-state index in [0.29, 0.717) is 6.54 Å². The van der Waals surface area contributed by atoms with Crippen LogP contribution in [-0.2, 0) is 9.53 Å². The zero-order valence-electron chi connectivity index (χ0n) is 11.0. The average molecular weight is 275 g/mol. The summed E-state index contributed by atoms with van der Waals surface area (Å²) in [5.41, 5.74) is -0.539. The number of carboxylic acid groups (broad SMARTS) is 1. The third kappa shape index (κ3) is 4.40. The molecule has 0 radical (unpaired) electrons. The summed E-state index contributed by atoms with van der Waals surface area (Å²) in [5.74, 6) is -0.897. The molecule has 6 heteroatoms. The van der Waals surface area contributed by atoms with Crippen LogP contribution in [-0.4, -0.2) is 45.5 Å². The van der Waals surface area contributed by atoms with E-state index in [1.54, 1.807) is 4.90 Å². The summed E-state index contributed by atoms with van der Waals surface area (Å²) in [4.78, 5) is 24.3. The third-order valence-electron chi connectivity index (χ3n) is 2.76. The molecule has 0 spiro atoms. The van der Waals surface area contributed by atoms with E-state index < -0.39 is 11.6 Å². The number of carboxylic acids is 1. The maximum Gasteiger partial charge on any atom is 0.410 e. The van der Waals surface area contributed by atoms with Gasteiger partial charge in [-0.05, 0) is 33.6 Å². The highest BCUT2D eigenvalue weighted by molar-refractivity contribution is 7.81. The van der Waals surface area contributed by atoms with Gasteiger partial charge in [0.05, 0.1) is 6.42 Å². The maximum atomic E-state index is 12.0. The van der Waals surface area contributed by atoms with Gasteiger partial charge in [-0.2, -0.15) is 12.6 Å². The first-order valence-electron chi connectivity index (χ1n) is 6.10. The fourth-order valence-electron chi connectivity index (χ4n) is 2.05. The summed E-state index contributed by atoms with van der Waals surface area (Å²) < 4.78 is 5.31. The molecule has 0 bridgehead atoms. The molecule has 1 N–H and O–H groups in total. The van der Waals surface area contributed by atoms with Crippen molar-refractivity contribution in [3.05, 3.63) is 0 Å². The number of likely N-dealkylation sites (tertiary alicyclic amines) is 1. The molecule has 2 unspecified atom stereocenters. The number of thiol groups is 1. The largest absolute Gasteiger partial charge is 0.481 e. The molecule has 0 aromatic heterocycles. The number of hydrogen-bond acceptors (Lipinski definition) is 4. The molecule has 104 valence electrons. The fourth-order valence-corrected chi connectivity index (χ4v) is 2.52. The molecule has 1 amide bonds. The van der Waals surface area contributed by atoms with Crippen LogP contribution in [0.25, 0.3) is 0 Å². The van der Waals surface area contributed by atoms with E-state index in [4.69, 9.17) is 9.84 Å². The van der Waals surface area contributed by atoms with Crippen molar-refractivity contribution in [2.24, 2.45) is 0 Å². The van der Waals surface area contributed by atoms with Crippen molar-refractivity contribution < 1.29 is 19.4 Å². The highest BCUT2D eigenvalue weighted by Crippen LogP contribution is 2.26. The number of carbonyl (C=O) groups excluding carboxylic acids is 1. The van der Waals surface area contributed by atoms with Gasteiger partial charge < -0.3 is 14.7 Å². The Balaban J connectivity index is 2.64. The van der Waals surface area contributed by atoms with Crippen LogP contribution in [0.3, 0.4) is 0 Å². The summed E-state index contributed by atoms with van der Waals surface area (Å²) in [7, 11) is 0. The van der Waals surface area contributed by atoms with Gasteiger partial charge in [-0.15, -0.1) is 0 Å². The molecule has 1 saturated heterocycles. The molecule has 1 aliphatic heterocycles. The molecule has 2 atom stereocenters. The topological polar surface area (TPSA) is 66.8 Å². The minimum Gasteiger partial charge on any atom is -0.481 e. The maximum absolute atomic E-state index is 12.0. The third-order valence-corrected chi connectivity index (χ3v) is 3.28. The van der Waals surface area contributed by atoms with Gasteiger partial charge in [0.2, 0.25) is 0 Å². The standard InChI is InChI=1S/C12H21NO4S/c1-12(2,3)17-11(16)13-6-4-5-8(13)9(18)7-10(14)15/h8-9,18H,4-7H2,1-3H3,(H,14,15). The Morgan fingerprint density at radius 2 is 2.11 bits per heavy atom. The zero-order valence-corrected chi connectivity index (χ0v) is 11.9. The number of nitrogens with zero attached hydrogens (tertiary/aromatic N) is 1. The number of hydrogen-bond donors (Lipinski definition) is 2. The Hall–Kier alpha value is -0.910. The molecule has 0 aromatic carbocycles. The molecule has 18 heavy (non-hydrogen) atoms. The summed E-state index contributed by atoms with van der Waals surface area (Å²) in [6.45, 7) is 6.04. The van der Waals surface area contributed by atoms with Crippen molar-refractivity contribution in [3.8, 4) is 0 Å². The van der Waals surface area contributed by atoms with Crippen LogP contribution in [0.1, 0.15) is 40.0 Å². The van der Waals surface area contributed by atoms with E-state index in [2.05, 4.69) is 12.6 Å². The van der Waals surface area contributed by atoms with Gasteiger partial charge >= 0.3 is 12.1 Å². The predicted octanol–water partition coefficient (Wildman–Crippen LogP) is 2.16. The number of rotatable bonds is 3. The van der Waals surface area contributed by atoms with Gasteiger partial charge in [-0.3, -0.25) is 4.79 Å². The molecular weight excluding hydrogens is 254 g/mol. The minimum atomic E-state index is -0.897. The Labute approximate surface area is 113 Å². The van der Waals surface area contributed by atoms with Crippen LogP contribution < -0.4 is 0 Å². The van der Waals surface area contributed by atoms with E-state index in [-0.39, 0.29) is 23.8 Å². The van der Waals surface area contributed by atoms with E-state index in [1.807, 2.05) is 20.8 Å². The lowest BCUT2D eigenvalue weighted by Gasteiger charge is -2.30. The van der Waals surface area contributed by atoms with Crippen LogP contribution in [0, 0.1) is 0 Å². The first kappa shape index (κ1) is 15.1. The summed E-state index contributed by atoms with van der Waals surface area (Å²) in [6, 6.07) is -0.153. The van der Waals surface area contributed by atoms with Gasteiger partial charge in [0.15, 0.2) is 0 Å². The highest BCUT2D eigenvalue weighted by Gasteiger charge is 2.36. The number of carbonyl (C=O) groups is 2. The van der Waals surface area contributed by atoms with Crippen LogP contribution in [0.4, 0.5) is 4.79 Å². The number of ether oxygens (including phenoxy) is 1. The smallest absolute Gasteiger partial charge is 0.410 e. The van der Waals surface area contributed by atoms with Crippen molar-refractivity contribution in [1.82, 2.24) is 4.90 Å². The Bertz CT molecular complexity index is 327. The summed E-state index contributed by atoms with van der Waals surface area (Å²) in [6.07, 6.45) is 1.21. The zero-order chi connectivity index (χ0) is 13.9. The molecule has 1 heterocycles. The molecule has 0 aromatic rings. The van der Waals surface area contributed by atoms with Crippen molar-refractivity contribution in [1.29, 1.82) is 0 Å². The second-order valence-corrected chi connectivity index (χ2v) is 6.21. The Morgan fingerprint density at radius 1 is 1.50 bits per heavy atom. The van der Waals surface area contributed by atoms with Gasteiger partial charge in [0.25, 0.3) is 0 Å². The normalized spacial score (nSPS) is 21.8. The number of aliphatic carboxylic acids is 1. The van der Waals surface area contributed by atoms with Crippen molar-refractivity contribution in [3.63, 3.8) is 0 Å². The Morgan fingerprint density at radius 3 is 2.61 bits per heavy atom. The second kappa shape index (κ2) is 5.82. The molecule has 1 fully saturated rings. The van der Waals surface area contributed by atoms with E-state index >= 15 is 0 Å². The van der Waals surface area contributed by atoms with Gasteiger partial charge in [0.1, 0.15) is 5.60 Å². The van der Waals surface area contributed by atoms with Crippen LogP contribution >= 0.6 is 12.6 Å². The molecular formula is C12H21NO4S. The van der Waals surface area contributed by atoms with E-state index in [0.717, 1.165) is 12.8 Å². The first-order chi connectivity index (χ1) is 8.20. The van der Waals surface area contributed by atoms with Crippen molar-refractivity contribution in [2.45, 2.75) is 56.9 Å². The van der Waals surface area contributed by atoms with E-state index in [1.165, 1.54) is 0 Å². The van der Waals surface area contributed by atoms with Crippen molar-refractivity contribution >= 4 is 24.7 Å². The molecule has 0 aliphatic carbocycles. The fraction of sp³-hybridized carbons (Fsp3) is 0.833. The van der Waals surface area contributed by atoms with Gasteiger partial charge in [-0.25, -0.2) is 4.79 Å². The van der Waals surface area contributed by atoms with Crippen molar-refractivity contribution in [2.75, 3.05) is 6.54 Å². The van der Waals surface area contributed by atoms with Crippen LogP contribution in [0.5, 0.6) is 0 Å². The quantitative estimate of drug-likeness (QED) is 0.775. The predicted molar refractivity (Wildman–Crippen MR) is 71.0 cm³/mol. The highest BCUT2D eigenvalue weighted by atomic mass is 32.1. The lowest BCUT2D eigenvalue weighted by Crippen LogP contribution is -2.44. The SMILES string of the molecule is CC(C)(C)OC(=O)N1CCCC1C(S)CC(=O)O. The summed E-state index contributed by atoms with van der Waals surface area (Å²) in [5, 5.41) is 8.42. The first-order valence-corrected chi connectivity index (χ1v) is 6.62. The van der Waals surface area contributed by atoms with Gasteiger partial charge in [0, 0.05) is 17.8 Å². The van der Waals surface area contributed by atoms with Gasteiger partial charge in [-0.1, -0.05) is 0 Å². The van der Waals surface area contributed by atoms with E-state index in [9.17, 15) is 9.59 Å². The average Bonchev–Trinajstić information content (AvgIpc) is 2.61. The van der Waals surface area contributed by atoms with Crippen LogP contribution in [0.2, 0.25) is 0 Å². The second-order valence-electron chi connectivity index (χ2n) is 5.55. The number of amides is 1. The lowest BCUT2D eigenvalue weighted by atomic mass is 10.1. The molecule has 5 nitrogen and oxygen atoms in total.